The van der Waals surface area contributed by atoms with Gasteiger partial charge in [-0.25, -0.2) is 4.39 Å². The third kappa shape index (κ3) is 3.43. The van der Waals surface area contributed by atoms with Gasteiger partial charge in [0.15, 0.2) is 17.4 Å². The van der Waals surface area contributed by atoms with Crippen LogP contribution in [0.25, 0.3) is 0 Å². The van der Waals surface area contributed by atoms with Crippen molar-refractivity contribution in [1.29, 1.82) is 0 Å². The Balaban J connectivity index is 2.32. The maximum Gasteiger partial charge on any atom is 0.358 e. The van der Waals surface area contributed by atoms with Gasteiger partial charge in [0.1, 0.15) is 5.75 Å². The molecule has 1 unspecified atom stereocenters. The van der Waals surface area contributed by atoms with Gasteiger partial charge in [-0.1, -0.05) is 24.3 Å². The minimum absolute atomic E-state index is 0.120. The van der Waals surface area contributed by atoms with E-state index < -0.39 is 19.3 Å². The van der Waals surface area contributed by atoms with E-state index in [1.807, 2.05) is 0 Å². The molecule has 20 heavy (non-hydrogen) atoms. The molecular weight excluding hydrogens is 286 g/mol. The number of rotatable bonds is 4. The van der Waals surface area contributed by atoms with Crippen molar-refractivity contribution in [2.24, 2.45) is 0 Å². The Kier molecular flexibility index (Phi) is 4.20. The predicted molar refractivity (Wildman–Crippen MR) is 69.9 cm³/mol. The number of hydrogen-bond acceptors (Lipinski definition) is 3. The van der Waals surface area contributed by atoms with E-state index in [2.05, 4.69) is 0 Å². The first-order valence-corrected chi connectivity index (χ1v) is 7.32. The molecule has 0 aliphatic heterocycles. The molecule has 0 heterocycles. The van der Waals surface area contributed by atoms with Crippen molar-refractivity contribution >= 4 is 7.60 Å². The summed E-state index contributed by atoms with van der Waals surface area (Å²) < 4.78 is 29.9. The Hall–Kier alpha value is -1.72. The molecule has 0 aromatic heterocycles. The predicted octanol–water partition coefficient (Wildman–Crippen LogP) is 2.79. The van der Waals surface area contributed by atoms with Crippen LogP contribution in [0.5, 0.6) is 11.5 Å². The van der Waals surface area contributed by atoms with Gasteiger partial charge < -0.3 is 19.6 Å². The summed E-state index contributed by atoms with van der Waals surface area (Å²) in [5.74, 6) is -2.56. The lowest BCUT2D eigenvalue weighted by Crippen LogP contribution is -1.99. The zero-order valence-corrected chi connectivity index (χ0v) is 11.1. The number of benzene rings is 2. The zero-order chi connectivity index (χ0) is 14.8. The zero-order valence-electron chi connectivity index (χ0n) is 10.2. The SMILES string of the molecule is O=P(O)(O)C(O)c1ccc(F)c(Oc2ccccc2)c1. The van der Waals surface area contributed by atoms with E-state index in [9.17, 15) is 14.1 Å². The Bertz CT molecular complexity index is 640. The topological polar surface area (TPSA) is 87.0 Å². The third-order valence-corrected chi connectivity index (χ3v) is 3.48. The highest BCUT2D eigenvalue weighted by molar-refractivity contribution is 7.51. The highest BCUT2D eigenvalue weighted by Gasteiger charge is 2.28. The molecule has 0 aliphatic carbocycles. The highest BCUT2D eigenvalue weighted by atomic mass is 31.2. The molecule has 2 aromatic rings. The minimum Gasteiger partial charge on any atom is -0.454 e. The van der Waals surface area contributed by atoms with Crippen LogP contribution in [-0.2, 0) is 4.57 Å². The molecule has 0 saturated heterocycles. The van der Waals surface area contributed by atoms with Crippen LogP contribution in [0, 0.1) is 5.82 Å². The quantitative estimate of drug-likeness (QED) is 0.755. The van der Waals surface area contributed by atoms with Gasteiger partial charge in [-0.15, -0.1) is 0 Å². The van der Waals surface area contributed by atoms with Crippen molar-refractivity contribution < 1.29 is 28.6 Å². The molecule has 2 aromatic carbocycles. The molecule has 0 aliphatic rings. The molecule has 7 heteroatoms. The second kappa shape index (κ2) is 5.73. The first-order chi connectivity index (χ1) is 9.38. The summed E-state index contributed by atoms with van der Waals surface area (Å²) in [6.07, 6.45) is 0. The minimum atomic E-state index is -4.72. The summed E-state index contributed by atoms with van der Waals surface area (Å²) in [5.41, 5.74) is -0.120. The lowest BCUT2D eigenvalue weighted by Gasteiger charge is -2.14. The van der Waals surface area contributed by atoms with Gasteiger partial charge >= 0.3 is 7.60 Å². The second-order valence-electron chi connectivity index (χ2n) is 4.07. The summed E-state index contributed by atoms with van der Waals surface area (Å²) in [4.78, 5) is 17.8. The van der Waals surface area contributed by atoms with Crippen LogP contribution in [0.4, 0.5) is 4.39 Å². The van der Waals surface area contributed by atoms with Gasteiger partial charge in [0, 0.05) is 0 Å². The van der Waals surface area contributed by atoms with Gasteiger partial charge in [-0.05, 0) is 29.8 Å². The molecule has 5 nitrogen and oxygen atoms in total. The van der Waals surface area contributed by atoms with Crippen LogP contribution < -0.4 is 4.74 Å². The van der Waals surface area contributed by atoms with Crippen LogP contribution >= 0.6 is 7.60 Å². The Morgan fingerprint density at radius 3 is 2.35 bits per heavy atom. The smallest absolute Gasteiger partial charge is 0.358 e. The molecule has 3 N–H and O–H groups in total. The van der Waals surface area contributed by atoms with Crippen molar-refractivity contribution in [3.63, 3.8) is 0 Å². The monoisotopic (exact) mass is 298 g/mol. The van der Waals surface area contributed by atoms with Gasteiger partial charge in [0.2, 0.25) is 0 Å². The lowest BCUT2D eigenvalue weighted by molar-refractivity contribution is 0.205. The fourth-order valence-corrected chi connectivity index (χ4v) is 2.12. The summed E-state index contributed by atoms with van der Waals surface area (Å²) in [6.45, 7) is 0. The van der Waals surface area contributed by atoms with Crippen molar-refractivity contribution in [2.75, 3.05) is 0 Å². The van der Waals surface area contributed by atoms with Crippen LogP contribution in [0.3, 0.4) is 0 Å². The van der Waals surface area contributed by atoms with Gasteiger partial charge in [-0.2, -0.15) is 0 Å². The van der Waals surface area contributed by atoms with Gasteiger partial charge in [-0.3, -0.25) is 4.57 Å². The molecule has 0 bridgehead atoms. The molecule has 0 spiro atoms. The molecule has 0 amide bonds. The molecule has 1 atom stereocenters. The van der Waals surface area contributed by atoms with Crippen molar-refractivity contribution in [1.82, 2.24) is 0 Å². The van der Waals surface area contributed by atoms with E-state index in [4.69, 9.17) is 14.5 Å². The Morgan fingerprint density at radius 1 is 1.10 bits per heavy atom. The standard InChI is InChI=1S/C13H12FO5P/c14-11-7-6-9(13(15)20(16,17)18)8-12(11)19-10-4-2-1-3-5-10/h1-8,13,15H,(H2,16,17,18). The number of ether oxygens (including phenoxy) is 1. The first kappa shape index (κ1) is 14.7. The highest BCUT2D eigenvalue weighted by Crippen LogP contribution is 2.50. The molecule has 0 fully saturated rings. The average Bonchev–Trinajstić information content (AvgIpc) is 2.40. The van der Waals surface area contributed by atoms with E-state index in [1.165, 1.54) is 0 Å². The van der Waals surface area contributed by atoms with Crippen LogP contribution in [0.2, 0.25) is 0 Å². The van der Waals surface area contributed by atoms with E-state index in [-0.39, 0.29) is 11.3 Å². The number of hydrogen-bond donors (Lipinski definition) is 3. The summed E-state index contributed by atoms with van der Waals surface area (Å²) in [6, 6.07) is 11.5. The number of aliphatic hydroxyl groups excluding tert-OH is 1. The van der Waals surface area contributed by atoms with E-state index in [0.29, 0.717) is 5.75 Å². The maximum atomic E-state index is 13.6. The summed E-state index contributed by atoms with van der Waals surface area (Å²) in [5, 5.41) is 9.50. The summed E-state index contributed by atoms with van der Waals surface area (Å²) >= 11 is 0. The lowest BCUT2D eigenvalue weighted by atomic mass is 10.2. The molecule has 0 saturated carbocycles. The average molecular weight is 298 g/mol. The van der Waals surface area contributed by atoms with E-state index in [0.717, 1.165) is 18.2 Å². The fraction of sp³-hybridized carbons (Fsp3) is 0.0769. The molecule has 106 valence electrons. The Labute approximate surface area is 114 Å². The molecule has 2 rings (SSSR count). The fourth-order valence-electron chi connectivity index (χ4n) is 1.57. The first-order valence-electron chi connectivity index (χ1n) is 5.63. The normalized spacial score (nSPS) is 13.0. The largest absolute Gasteiger partial charge is 0.454 e. The van der Waals surface area contributed by atoms with Crippen LogP contribution in [0.1, 0.15) is 11.4 Å². The van der Waals surface area contributed by atoms with Gasteiger partial charge in [0.25, 0.3) is 0 Å². The van der Waals surface area contributed by atoms with Crippen molar-refractivity contribution in [3.8, 4) is 11.5 Å². The van der Waals surface area contributed by atoms with Crippen LogP contribution in [0.15, 0.2) is 48.5 Å². The third-order valence-electron chi connectivity index (χ3n) is 2.54. The Morgan fingerprint density at radius 2 is 1.75 bits per heavy atom. The number of para-hydroxylation sites is 1. The maximum absolute atomic E-state index is 13.6. The second-order valence-corrected chi connectivity index (χ2v) is 5.74. The van der Waals surface area contributed by atoms with Crippen molar-refractivity contribution in [2.45, 2.75) is 5.85 Å². The number of aliphatic hydroxyl groups is 1. The van der Waals surface area contributed by atoms with E-state index in [1.54, 1.807) is 30.3 Å². The molecular formula is C13H12FO5P. The van der Waals surface area contributed by atoms with E-state index >= 15 is 0 Å². The number of halogens is 1. The summed E-state index contributed by atoms with van der Waals surface area (Å²) in [7, 11) is -4.72. The van der Waals surface area contributed by atoms with Gasteiger partial charge in [0.05, 0.1) is 0 Å². The van der Waals surface area contributed by atoms with Crippen molar-refractivity contribution in [3.05, 3.63) is 59.9 Å². The molecule has 0 radical (unpaired) electrons. The van der Waals surface area contributed by atoms with Crippen LogP contribution in [-0.4, -0.2) is 14.9 Å².